The van der Waals surface area contributed by atoms with Gasteiger partial charge in [0.25, 0.3) is 5.91 Å². The van der Waals surface area contributed by atoms with E-state index in [0.29, 0.717) is 12.3 Å². The maximum Gasteiger partial charge on any atom is 0.291 e. The van der Waals surface area contributed by atoms with Crippen LogP contribution >= 0.6 is 24.0 Å². The molecule has 0 bridgehead atoms. The molecule has 7 heteroatoms. The zero-order valence-electron chi connectivity index (χ0n) is 17.8. The largest absolute Gasteiger partial charge is 0.459 e. The average molecular weight is 510 g/mol. The molecule has 0 spiro atoms. The summed E-state index contributed by atoms with van der Waals surface area (Å²) in [5.74, 6) is 0.985. The van der Waals surface area contributed by atoms with Crippen molar-refractivity contribution in [3.63, 3.8) is 0 Å². The van der Waals surface area contributed by atoms with Gasteiger partial charge < -0.3 is 20.0 Å². The molecule has 3 rings (SSSR count). The predicted octanol–water partition coefficient (Wildman–Crippen LogP) is 4.74. The van der Waals surface area contributed by atoms with Crippen LogP contribution in [0, 0.1) is 5.41 Å². The molecule has 0 radical (unpaired) electrons. The summed E-state index contributed by atoms with van der Waals surface area (Å²) in [4.78, 5) is 19.2. The summed E-state index contributed by atoms with van der Waals surface area (Å²) in [6, 6.07) is 11.1. The number of carbonyl (C=O) groups excluding carboxylic acids is 1. The number of aliphatic imine (C=N–C) groups is 1. The van der Waals surface area contributed by atoms with Crippen LogP contribution in [0.5, 0.6) is 0 Å². The van der Waals surface area contributed by atoms with Crippen LogP contribution in [-0.4, -0.2) is 35.4 Å². The number of amides is 1. The van der Waals surface area contributed by atoms with E-state index in [9.17, 15) is 4.79 Å². The van der Waals surface area contributed by atoms with Crippen molar-refractivity contribution in [2.24, 2.45) is 10.4 Å². The van der Waals surface area contributed by atoms with Crippen LogP contribution in [0.4, 0.5) is 5.69 Å². The van der Waals surface area contributed by atoms with Crippen LogP contribution in [0.15, 0.2) is 52.1 Å². The summed E-state index contributed by atoms with van der Waals surface area (Å²) in [5.41, 5.74) is 2.14. The lowest BCUT2D eigenvalue weighted by Gasteiger charge is -2.62. The van der Waals surface area contributed by atoms with E-state index in [0.717, 1.165) is 30.3 Å². The van der Waals surface area contributed by atoms with Crippen molar-refractivity contribution >= 4 is 41.5 Å². The molecule has 1 aromatic carbocycles. The maximum absolute atomic E-state index is 12.0. The normalized spacial score (nSPS) is 17.1. The Morgan fingerprint density at radius 3 is 2.38 bits per heavy atom. The fraction of sp³-hybridized carbons (Fsp3) is 0.455. The highest BCUT2D eigenvalue weighted by molar-refractivity contribution is 14.0. The first-order chi connectivity index (χ1) is 13.2. The van der Waals surface area contributed by atoms with Crippen molar-refractivity contribution in [1.29, 1.82) is 0 Å². The molecule has 2 heterocycles. The van der Waals surface area contributed by atoms with Gasteiger partial charge in [0, 0.05) is 29.7 Å². The molecule has 1 saturated heterocycles. The average Bonchev–Trinajstić information content (AvgIpc) is 3.19. The van der Waals surface area contributed by atoms with Gasteiger partial charge in [-0.1, -0.05) is 26.0 Å². The second-order valence-corrected chi connectivity index (χ2v) is 8.33. The first-order valence-corrected chi connectivity index (χ1v) is 9.74. The Hall–Kier alpha value is -2.03. The third-order valence-corrected chi connectivity index (χ3v) is 5.84. The summed E-state index contributed by atoms with van der Waals surface area (Å²) in [6.45, 7) is 13.6. The van der Waals surface area contributed by atoms with Crippen LogP contribution in [0.2, 0.25) is 0 Å². The van der Waals surface area contributed by atoms with Crippen molar-refractivity contribution in [3.8, 4) is 0 Å². The van der Waals surface area contributed by atoms with Crippen molar-refractivity contribution in [3.05, 3.63) is 54.0 Å². The molecule has 2 N–H and O–H groups in total. The number of halogens is 1. The number of anilines is 1. The number of hydrogen-bond donors (Lipinski definition) is 2. The predicted molar refractivity (Wildman–Crippen MR) is 128 cm³/mol. The zero-order valence-corrected chi connectivity index (χ0v) is 20.1. The lowest BCUT2D eigenvalue weighted by Crippen LogP contribution is -2.72. The van der Waals surface area contributed by atoms with Crippen LogP contribution in [0.3, 0.4) is 0 Å². The van der Waals surface area contributed by atoms with Gasteiger partial charge in [-0.25, -0.2) is 4.99 Å². The van der Waals surface area contributed by atoms with Crippen LogP contribution < -0.4 is 10.6 Å². The van der Waals surface area contributed by atoms with E-state index < -0.39 is 0 Å². The molecule has 1 fully saturated rings. The molecule has 1 aliphatic rings. The molecule has 6 nitrogen and oxygen atoms in total. The van der Waals surface area contributed by atoms with Crippen molar-refractivity contribution in [2.45, 2.75) is 46.7 Å². The molecule has 0 saturated carbocycles. The Bertz CT molecular complexity index is 842. The molecular weight excluding hydrogens is 479 g/mol. The van der Waals surface area contributed by atoms with E-state index in [1.165, 1.54) is 6.26 Å². The van der Waals surface area contributed by atoms with Gasteiger partial charge in [0.15, 0.2) is 11.7 Å². The molecule has 1 aliphatic heterocycles. The van der Waals surface area contributed by atoms with Crippen LogP contribution in [0.25, 0.3) is 0 Å². The fourth-order valence-electron chi connectivity index (χ4n) is 3.26. The summed E-state index contributed by atoms with van der Waals surface area (Å²) in [5, 5.41) is 6.23. The van der Waals surface area contributed by atoms with E-state index in [-0.39, 0.29) is 40.8 Å². The van der Waals surface area contributed by atoms with Crippen LogP contribution in [-0.2, 0) is 6.54 Å². The van der Waals surface area contributed by atoms with E-state index >= 15 is 0 Å². The topological polar surface area (TPSA) is 69.9 Å². The fourth-order valence-corrected chi connectivity index (χ4v) is 3.26. The quantitative estimate of drug-likeness (QED) is 0.347. The molecule has 29 heavy (non-hydrogen) atoms. The molecule has 0 unspecified atom stereocenters. The van der Waals surface area contributed by atoms with Gasteiger partial charge in [-0.05, 0) is 50.6 Å². The third-order valence-electron chi connectivity index (χ3n) is 5.84. The first kappa shape index (κ1) is 23.3. The second-order valence-electron chi connectivity index (χ2n) is 8.33. The zero-order chi connectivity index (χ0) is 20.4. The van der Waals surface area contributed by atoms with Gasteiger partial charge in [-0.3, -0.25) is 4.79 Å². The standard InChI is InChI=1S/C22H30N4O2.HI/c1-6-23-20(26-15-21(2,3)22(26,4)5)24-14-16-9-11-17(12-10-16)25-19(27)18-8-7-13-28-18;/h7-13H,6,14-15H2,1-5H3,(H,23,24)(H,25,27);1H. The highest BCUT2D eigenvalue weighted by Gasteiger charge is 2.53. The van der Waals surface area contributed by atoms with E-state index in [1.807, 2.05) is 24.3 Å². The minimum absolute atomic E-state index is 0. The van der Waals surface area contributed by atoms with Gasteiger partial charge in [0.1, 0.15) is 0 Å². The molecule has 2 aromatic rings. The van der Waals surface area contributed by atoms with Crippen LogP contribution in [0.1, 0.15) is 50.7 Å². The third kappa shape index (κ3) is 4.94. The number of rotatable bonds is 5. The number of benzene rings is 1. The Morgan fingerprint density at radius 2 is 1.86 bits per heavy atom. The number of hydrogen-bond acceptors (Lipinski definition) is 3. The summed E-state index contributed by atoms with van der Waals surface area (Å²) in [7, 11) is 0. The molecule has 158 valence electrons. The van der Waals surface area contributed by atoms with Gasteiger partial charge in [0.05, 0.1) is 12.8 Å². The Kier molecular flexibility index (Phi) is 7.37. The SMILES string of the molecule is CCNC(=NCc1ccc(NC(=O)c2ccco2)cc1)N1CC(C)(C)C1(C)C.I. The van der Waals surface area contributed by atoms with Crippen molar-refractivity contribution < 1.29 is 9.21 Å². The Labute approximate surface area is 190 Å². The number of nitrogens with one attached hydrogen (secondary N) is 2. The summed E-state index contributed by atoms with van der Waals surface area (Å²) < 4.78 is 5.11. The maximum atomic E-state index is 12.0. The highest BCUT2D eigenvalue weighted by Crippen LogP contribution is 2.46. The molecule has 1 aromatic heterocycles. The Balaban J connectivity index is 0.00000300. The van der Waals surface area contributed by atoms with E-state index in [2.05, 4.69) is 50.2 Å². The molecule has 0 aliphatic carbocycles. The first-order valence-electron chi connectivity index (χ1n) is 9.74. The lowest BCUT2D eigenvalue weighted by atomic mass is 9.65. The number of carbonyl (C=O) groups is 1. The van der Waals surface area contributed by atoms with Gasteiger partial charge in [-0.2, -0.15) is 0 Å². The number of likely N-dealkylation sites (tertiary alicyclic amines) is 1. The number of furan rings is 1. The van der Waals surface area contributed by atoms with Gasteiger partial charge >= 0.3 is 0 Å². The minimum atomic E-state index is -0.257. The van der Waals surface area contributed by atoms with E-state index in [1.54, 1.807) is 12.1 Å². The highest BCUT2D eigenvalue weighted by atomic mass is 127. The minimum Gasteiger partial charge on any atom is -0.459 e. The molecular formula is C22H31IN4O2. The number of guanidine groups is 1. The molecule has 1 amide bonds. The van der Waals surface area contributed by atoms with Crippen molar-refractivity contribution in [2.75, 3.05) is 18.4 Å². The lowest BCUT2D eigenvalue weighted by molar-refractivity contribution is -0.0667. The second kappa shape index (κ2) is 9.19. The smallest absolute Gasteiger partial charge is 0.291 e. The summed E-state index contributed by atoms with van der Waals surface area (Å²) in [6.07, 6.45) is 1.48. The van der Waals surface area contributed by atoms with E-state index in [4.69, 9.17) is 9.41 Å². The number of nitrogens with zero attached hydrogens (tertiary/aromatic N) is 2. The summed E-state index contributed by atoms with van der Waals surface area (Å²) >= 11 is 0. The molecule has 0 atom stereocenters. The Morgan fingerprint density at radius 1 is 1.17 bits per heavy atom. The van der Waals surface area contributed by atoms with Gasteiger partial charge in [0.2, 0.25) is 0 Å². The monoisotopic (exact) mass is 510 g/mol. The van der Waals surface area contributed by atoms with Crippen molar-refractivity contribution in [1.82, 2.24) is 10.2 Å². The van der Waals surface area contributed by atoms with Gasteiger partial charge in [-0.15, -0.1) is 24.0 Å².